The fraction of sp³-hybridized carbons (Fsp3) is 0.842. The van der Waals surface area contributed by atoms with E-state index < -0.39 is 0 Å². The van der Waals surface area contributed by atoms with Crippen LogP contribution in [-0.2, 0) is 0 Å². The molecule has 3 heteroatoms. The van der Waals surface area contributed by atoms with Crippen molar-refractivity contribution in [2.75, 3.05) is 6.54 Å². The first-order valence-corrected chi connectivity index (χ1v) is 8.50. The molecule has 0 amide bonds. The number of nitrogens with zero attached hydrogens (tertiary/aromatic N) is 2. The van der Waals surface area contributed by atoms with Crippen LogP contribution in [0.5, 0.6) is 0 Å². The van der Waals surface area contributed by atoms with Crippen LogP contribution in [0.2, 0.25) is 0 Å². The van der Waals surface area contributed by atoms with Crippen molar-refractivity contribution in [2.24, 2.45) is 21.2 Å². The van der Waals surface area contributed by atoms with Crippen LogP contribution in [0.3, 0.4) is 0 Å². The summed E-state index contributed by atoms with van der Waals surface area (Å²) in [5.41, 5.74) is 2.85. The second kappa shape index (κ2) is 5.09. The van der Waals surface area contributed by atoms with Crippen LogP contribution in [0.25, 0.3) is 0 Å². The molecule has 0 spiro atoms. The highest BCUT2D eigenvalue weighted by Crippen LogP contribution is 2.47. The third-order valence-electron chi connectivity index (χ3n) is 4.54. The largest absolute Gasteiger partial charge is 0.391 e. The molecule has 0 saturated carbocycles. The van der Waals surface area contributed by atoms with Gasteiger partial charge in [-0.2, -0.15) is 0 Å². The molecule has 1 saturated heterocycles. The molecule has 22 heavy (non-hydrogen) atoms. The molecule has 2 aliphatic heterocycles. The summed E-state index contributed by atoms with van der Waals surface area (Å²) in [6, 6.07) is 0.179. The van der Waals surface area contributed by atoms with E-state index in [0.717, 1.165) is 12.3 Å². The number of aliphatic imine (C=N–C) groups is 1. The van der Waals surface area contributed by atoms with Gasteiger partial charge in [0.25, 0.3) is 0 Å². The standard InChI is InChI=1S/C19H34N2O/c1-17(2,3)14-13-10-12(22)11-21(13)16(19(7,8)9)20-15(14)18(4,5)6/h12,15,22H,10-11H2,1-9H3/t12-,15-/m1/s1. The predicted molar refractivity (Wildman–Crippen MR) is 93.9 cm³/mol. The molecule has 0 bridgehead atoms. The molecule has 3 nitrogen and oxygen atoms in total. The van der Waals surface area contributed by atoms with Gasteiger partial charge in [0.05, 0.1) is 18.7 Å². The minimum atomic E-state index is -0.279. The molecular weight excluding hydrogens is 272 g/mol. The SMILES string of the molecule is CC(C)(C)C1=N[C@@H](C(C)(C)C)C(C(C)(C)C)=C2C[C@@H](O)CN12. The summed E-state index contributed by atoms with van der Waals surface area (Å²) in [4.78, 5) is 7.52. The van der Waals surface area contributed by atoms with Gasteiger partial charge in [0.2, 0.25) is 0 Å². The fourth-order valence-corrected chi connectivity index (χ4v) is 3.67. The van der Waals surface area contributed by atoms with Crippen molar-refractivity contribution < 1.29 is 5.11 Å². The summed E-state index contributed by atoms with van der Waals surface area (Å²) in [6.45, 7) is 21.0. The maximum absolute atomic E-state index is 10.3. The Balaban J connectivity index is 2.67. The quantitative estimate of drug-likeness (QED) is 0.727. The third-order valence-corrected chi connectivity index (χ3v) is 4.54. The third kappa shape index (κ3) is 3.10. The maximum Gasteiger partial charge on any atom is 0.109 e. The zero-order valence-electron chi connectivity index (χ0n) is 15.9. The van der Waals surface area contributed by atoms with Crippen molar-refractivity contribution in [1.82, 2.24) is 4.90 Å². The number of hydrogen-bond donors (Lipinski definition) is 1. The molecule has 1 fully saturated rings. The second-order valence-electron chi connectivity index (χ2n) is 10.1. The van der Waals surface area contributed by atoms with Gasteiger partial charge < -0.3 is 10.0 Å². The van der Waals surface area contributed by atoms with Crippen LogP contribution in [0, 0.1) is 16.2 Å². The van der Waals surface area contributed by atoms with Crippen molar-refractivity contribution in [3.63, 3.8) is 0 Å². The molecule has 0 unspecified atom stereocenters. The lowest BCUT2D eigenvalue weighted by Gasteiger charge is -2.45. The van der Waals surface area contributed by atoms with Crippen LogP contribution in [0.15, 0.2) is 16.3 Å². The molecule has 0 aliphatic carbocycles. The maximum atomic E-state index is 10.3. The van der Waals surface area contributed by atoms with E-state index in [0.29, 0.717) is 6.54 Å². The summed E-state index contributed by atoms with van der Waals surface area (Å²) in [5, 5.41) is 10.3. The minimum Gasteiger partial charge on any atom is -0.391 e. The average molecular weight is 306 g/mol. The topological polar surface area (TPSA) is 35.8 Å². The summed E-state index contributed by atoms with van der Waals surface area (Å²) >= 11 is 0. The van der Waals surface area contributed by atoms with E-state index in [1.807, 2.05) is 0 Å². The molecule has 2 rings (SSSR count). The number of amidine groups is 1. The molecule has 1 N–H and O–H groups in total. The van der Waals surface area contributed by atoms with Crippen molar-refractivity contribution in [1.29, 1.82) is 0 Å². The summed E-state index contributed by atoms with van der Waals surface area (Å²) < 4.78 is 0. The van der Waals surface area contributed by atoms with E-state index in [1.165, 1.54) is 11.3 Å². The van der Waals surface area contributed by atoms with Crippen LogP contribution in [-0.4, -0.2) is 34.5 Å². The van der Waals surface area contributed by atoms with Crippen molar-refractivity contribution in [2.45, 2.75) is 80.9 Å². The van der Waals surface area contributed by atoms with Gasteiger partial charge in [-0.15, -0.1) is 0 Å². The van der Waals surface area contributed by atoms with Crippen molar-refractivity contribution >= 4 is 5.84 Å². The Morgan fingerprint density at radius 1 is 0.955 bits per heavy atom. The van der Waals surface area contributed by atoms with Gasteiger partial charge >= 0.3 is 0 Å². The normalized spacial score (nSPS) is 27.2. The van der Waals surface area contributed by atoms with E-state index in [9.17, 15) is 5.11 Å². The van der Waals surface area contributed by atoms with Gasteiger partial charge in [-0.25, -0.2) is 0 Å². The van der Waals surface area contributed by atoms with Gasteiger partial charge in [-0.3, -0.25) is 4.99 Å². The Bertz CT molecular complexity index is 509. The summed E-state index contributed by atoms with van der Waals surface area (Å²) in [7, 11) is 0. The molecule has 0 radical (unpaired) electrons. The van der Waals surface area contributed by atoms with E-state index in [2.05, 4.69) is 67.2 Å². The average Bonchev–Trinajstić information content (AvgIpc) is 2.62. The monoisotopic (exact) mass is 306 g/mol. The van der Waals surface area contributed by atoms with Gasteiger partial charge in [0.15, 0.2) is 0 Å². The number of aliphatic hydroxyl groups excluding tert-OH is 1. The highest BCUT2D eigenvalue weighted by Gasteiger charge is 2.46. The number of rotatable bonds is 0. The fourth-order valence-electron chi connectivity index (χ4n) is 3.67. The number of fused-ring (bicyclic) bond motifs is 1. The van der Waals surface area contributed by atoms with E-state index >= 15 is 0 Å². The lowest BCUT2D eigenvalue weighted by atomic mass is 9.70. The van der Waals surface area contributed by atoms with Crippen molar-refractivity contribution in [3.8, 4) is 0 Å². The van der Waals surface area contributed by atoms with Crippen LogP contribution in [0.4, 0.5) is 0 Å². The Hall–Kier alpha value is -0.830. The predicted octanol–water partition coefficient (Wildman–Crippen LogP) is 4.23. The number of hydrogen-bond acceptors (Lipinski definition) is 3. The van der Waals surface area contributed by atoms with E-state index in [1.54, 1.807) is 0 Å². The first kappa shape index (κ1) is 17.5. The minimum absolute atomic E-state index is 0.0117. The van der Waals surface area contributed by atoms with Crippen LogP contribution < -0.4 is 0 Å². The zero-order valence-corrected chi connectivity index (χ0v) is 15.9. The Kier molecular flexibility index (Phi) is 4.05. The highest BCUT2D eigenvalue weighted by molar-refractivity contribution is 5.90. The van der Waals surface area contributed by atoms with Gasteiger partial charge in [-0.1, -0.05) is 62.3 Å². The molecule has 0 aromatic carbocycles. The van der Waals surface area contributed by atoms with Crippen LogP contribution >= 0.6 is 0 Å². The Morgan fingerprint density at radius 3 is 1.91 bits per heavy atom. The van der Waals surface area contributed by atoms with Crippen molar-refractivity contribution in [3.05, 3.63) is 11.3 Å². The van der Waals surface area contributed by atoms with Crippen LogP contribution in [0.1, 0.15) is 68.7 Å². The van der Waals surface area contributed by atoms with Gasteiger partial charge in [0, 0.05) is 17.5 Å². The molecule has 0 aromatic heterocycles. The molecule has 0 aromatic rings. The molecule has 2 aliphatic rings. The molecule has 2 atom stereocenters. The Morgan fingerprint density at radius 2 is 1.50 bits per heavy atom. The number of aliphatic hydroxyl groups is 1. The van der Waals surface area contributed by atoms with Gasteiger partial charge in [0.1, 0.15) is 5.84 Å². The first-order chi connectivity index (χ1) is 9.73. The summed E-state index contributed by atoms with van der Waals surface area (Å²) in [5.74, 6) is 1.13. The molecule has 2 heterocycles. The Labute approximate surface area is 136 Å². The molecular formula is C19H34N2O. The van der Waals surface area contributed by atoms with E-state index in [-0.39, 0.29) is 28.4 Å². The second-order valence-corrected chi connectivity index (χ2v) is 10.1. The van der Waals surface area contributed by atoms with Gasteiger partial charge in [-0.05, 0) is 16.4 Å². The lowest BCUT2D eigenvalue weighted by molar-refractivity contribution is 0.187. The highest BCUT2D eigenvalue weighted by atomic mass is 16.3. The van der Waals surface area contributed by atoms with E-state index in [4.69, 9.17) is 4.99 Å². The zero-order chi connectivity index (χ0) is 17.1. The molecule has 126 valence electrons. The smallest absolute Gasteiger partial charge is 0.109 e. The summed E-state index contributed by atoms with van der Waals surface area (Å²) in [6.07, 6.45) is 0.479. The first-order valence-electron chi connectivity index (χ1n) is 8.50. The lowest BCUT2D eigenvalue weighted by Crippen LogP contribution is -2.47.